The lowest BCUT2D eigenvalue weighted by molar-refractivity contribution is -0.121. The highest BCUT2D eigenvalue weighted by Gasteiger charge is 2.13. The van der Waals surface area contributed by atoms with Crippen molar-refractivity contribution in [3.05, 3.63) is 52.0 Å². The molecule has 2 aromatic carbocycles. The molecule has 1 aliphatic rings. The molecule has 0 spiro atoms. The van der Waals surface area contributed by atoms with E-state index in [2.05, 4.69) is 10.6 Å². The summed E-state index contributed by atoms with van der Waals surface area (Å²) in [5.41, 5.74) is 1.79. The molecule has 24 heavy (non-hydrogen) atoms. The van der Waals surface area contributed by atoms with Crippen molar-refractivity contribution in [3.63, 3.8) is 0 Å². The van der Waals surface area contributed by atoms with E-state index in [0.29, 0.717) is 35.3 Å². The molecule has 126 valence electrons. The number of fused-ring (bicyclic) bond motifs is 1. The molecule has 7 heteroatoms. The summed E-state index contributed by atoms with van der Waals surface area (Å²) in [6.07, 6.45) is 0.352. The predicted octanol–water partition coefficient (Wildman–Crippen LogP) is 3.84. The molecule has 0 aliphatic carbocycles. The Balaban J connectivity index is 1.42. The average molecular weight is 367 g/mol. The molecule has 1 aliphatic heterocycles. The average Bonchev–Trinajstić information content (AvgIpc) is 3.04. The molecule has 5 nitrogen and oxygen atoms in total. The van der Waals surface area contributed by atoms with E-state index in [-0.39, 0.29) is 12.7 Å². The Hall–Kier alpha value is -2.11. The number of amides is 1. The van der Waals surface area contributed by atoms with Gasteiger partial charge < -0.3 is 20.1 Å². The van der Waals surface area contributed by atoms with Gasteiger partial charge in [-0.2, -0.15) is 0 Å². The lowest BCUT2D eigenvalue weighted by Crippen LogP contribution is -2.24. The van der Waals surface area contributed by atoms with Crippen LogP contribution in [0.5, 0.6) is 11.5 Å². The summed E-state index contributed by atoms with van der Waals surface area (Å²) in [6, 6.07) is 10.9. The Kier molecular flexibility index (Phi) is 5.33. The van der Waals surface area contributed by atoms with Gasteiger partial charge in [-0.05, 0) is 35.9 Å². The van der Waals surface area contributed by atoms with E-state index < -0.39 is 0 Å². The number of carbonyl (C=O) groups is 1. The Labute approximate surface area is 149 Å². The number of carbonyl (C=O) groups excluding carboxylic acids is 1. The van der Waals surface area contributed by atoms with Crippen molar-refractivity contribution in [1.82, 2.24) is 5.32 Å². The second kappa shape index (κ2) is 7.64. The quantitative estimate of drug-likeness (QED) is 0.815. The van der Waals surface area contributed by atoms with Crippen LogP contribution in [0.1, 0.15) is 12.0 Å². The van der Waals surface area contributed by atoms with Crippen molar-refractivity contribution in [3.8, 4) is 11.5 Å². The first kappa shape index (κ1) is 16.7. The van der Waals surface area contributed by atoms with Crippen molar-refractivity contribution in [2.24, 2.45) is 0 Å². The van der Waals surface area contributed by atoms with E-state index in [9.17, 15) is 4.79 Å². The minimum atomic E-state index is -0.0415. The summed E-state index contributed by atoms with van der Waals surface area (Å²) in [5, 5.41) is 6.99. The van der Waals surface area contributed by atoms with Crippen LogP contribution in [-0.2, 0) is 11.3 Å². The predicted molar refractivity (Wildman–Crippen MR) is 94.0 cm³/mol. The Morgan fingerprint density at radius 1 is 1.04 bits per heavy atom. The second-order valence-corrected chi connectivity index (χ2v) is 6.08. The number of benzene rings is 2. The Morgan fingerprint density at radius 3 is 2.71 bits per heavy atom. The van der Waals surface area contributed by atoms with E-state index in [1.54, 1.807) is 12.1 Å². The first-order valence-electron chi connectivity index (χ1n) is 7.46. The molecule has 1 amide bonds. The van der Waals surface area contributed by atoms with Crippen LogP contribution in [0.15, 0.2) is 36.4 Å². The van der Waals surface area contributed by atoms with Gasteiger partial charge in [-0.25, -0.2) is 0 Å². The second-order valence-electron chi connectivity index (χ2n) is 5.27. The first-order chi connectivity index (χ1) is 11.6. The number of nitrogens with one attached hydrogen (secondary N) is 2. The van der Waals surface area contributed by atoms with Crippen LogP contribution in [0.3, 0.4) is 0 Å². The third kappa shape index (κ3) is 4.24. The first-order valence-corrected chi connectivity index (χ1v) is 8.21. The van der Waals surface area contributed by atoms with E-state index in [1.165, 1.54) is 0 Å². The molecular weight excluding hydrogens is 351 g/mol. The van der Waals surface area contributed by atoms with Gasteiger partial charge in [0.15, 0.2) is 11.5 Å². The Morgan fingerprint density at radius 2 is 1.88 bits per heavy atom. The summed E-state index contributed by atoms with van der Waals surface area (Å²) in [7, 11) is 0. The van der Waals surface area contributed by atoms with Crippen LogP contribution < -0.4 is 20.1 Å². The van der Waals surface area contributed by atoms with Crippen molar-refractivity contribution in [2.45, 2.75) is 13.0 Å². The van der Waals surface area contributed by atoms with E-state index in [4.69, 9.17) is 32.7 Å². The minimum Gasteiger partial charge on any atom is -0.454 e. The highest BCUT2D eigenvalue weighted by molar-refractivity contribution is 6.42. The molecule has 0 radical (unpaired) electrons. The SMILES string of the molecule is O=C(CCNc1ccc(Cl)c(Cl)c1)NCc1ccc2c(c1)OCO2. The van der Waals surface area contributed by atoms with Gasteiger partial charge in [0, 0.05) is 25.2 Å². The topological polar surface area (TPSA) is 59.6 Å². The summed E-state index contributed by atoms with van der Waals surface area (Å²) < 4.78 is 10.6. The van der Waals surface area contributed by atoms with Crippen LogP contribution in [0, 0.1) is 0 Å². The molecule has 0 unspecified atom stereocenters. The Bertz CT molecular complexity index is 753. The summed E-state index contributed by atoms with van der Waals surface area (Å²) in [4.78, 5) is 11.9. The molecular formula is C17H16Cl2N2O3. The number of halogens is 2. The van der Waals surface area contributed by atoms with Gasteiger partial charge in [0.05, 0.1) is 10.0 Å². The van der Waals surface area contributed by atoms with Crippen molar-refractivity contribution in [1.29, 1.82) is 0 Å². The standard InChI is InChI=1S/C17H16Cl2N2O3/c18-13-3-2-12(8-14(13)19)20-6-5-17(22)21-9-11-1-4-15-16(7-11)24-10-23-15/h1-4,7-8,20H,5-6,9-10H2,(H,21,22). The smallest absolute Gasteiger partial charge is 0.231 e. The van der Waals surface area contributed by atoms with E-state index in [1.807, 2.05) is 24.3 Å². The van der Waals surface area contributed by atoms with Crippen LogP contribution >= 0.6 is 23.2 Å². The summed E-state index contributed by atoms with van der Waals surface area (Å²) >= 11 is 11.8. The van der Waals surface area contributed by atoms with Gasteiger partial charge in [0.25, 0.3) is 0 Å². The molecule has 3 rings (SSSR count). The molecule has 0 fully saturated rings. The van der Waals surface area contributed by atoms with Gasteiger partial charge in [-0.1, -0.05) is 29.3 Å². The molecule has 2 aromatic rings. The minimum absolute atomic E-state index is 0.0415. The third-order valence-corrected chi connectivity index (χ3v) is 4.27. The molecule has 0 bridgehead atoms. The fourth-order valence-corrected chi connectivity index (χ4v) is 2.56. The fraction of sp³-hybridized carbons (Fsp3) is 0.235. The number of hydrogen-bond acceptors (Lipinski definition) is 4. The highest BCUT2D eigenvalue weighted by atomic mass is 35.5. The number of anilines is 1. The maximum Gasteiger partial charge on any atom is 0.231 e. The number of rotatable bonds is 6. The van der Waals surface area contributed by atoms with Crippen molar-refractivity contribution >= 4 is 34.8 Å². The van der Waals surface area contributed by atoms with Crippen molar-refractivity contribution < 1.29 is 14.3 Å². The highest BCUT2D eigenvalue weighted by Crippen LogP contribution is 2.32. The van der Waals surface area contributed by atoms with Gasteiger partial charge in [-0.15, -0.1) is 0 Å². The van der Waals surface area contributed by atoms with Gasteiger partial charge in [0.1, 0.15) is 0 Å². The fourth-order valence-electron chi connectivity index (χ4n) is 2.27. The van der Waals surface area contributed by atoms with E-state index in [0.717, 1.165) is 17.0 Å². The normalized spacial score (nSPS) is 12.1. The molecule has 0 saturated carbocycles. The number of hydrogen-bond donors (Lipinski definition) is 2. The lowest BCUT2D eigenvalue weighted by atomic mass is 10.2. The molecule has 0 saturated heterocycles. The maximum absolute atomic E-state index is 11.9. The summed E-state index contributed by atoms with van der Waals surface area (Å²) in [5.74, 6) is 1.40. The van der Waals surface area contributed by atoms with Gasteiger partial charge in [0.2, 0.25) is 12.7 Å². The molecule has 0 aromatic heterocycles. The zero-order chi connectivity index (χ0) is 16.9. The van der Waals surface area contributed by atoms with Gasteiger partial charge in [-0.3, -0.25) is 4.79 Å². The van der Waals surface area contributed by atoms with Crippen molar-refractivity contribution in [2.75, 3.05) is 18.7 Å². The van der Waals surface area contributed by atoms with Gasteiger partial charge >= 0.3 is 0 Å². The molecule has 1 heterocycles. The number of ether oxygens (including phenoxy) is 2. The molecule has 2 N–H and O–H groups in total. The van der Waals surface area contributed by atoms with E-state index >= 15 is 0 Å². The summed E-state index contributed by atoms with van der Waals surface area (Å²) in [6.45, 7) is 1.19. The largest absolute Gasteiger partial charge is 0.454 e. The van der Waals surface area contributed by atoms with Crippen LogP contribution in [-0.4, -0.2) is 19.2 Å². The molecule has 0 atom stereocenters. The van der Waals surface area contributed by atoms with Crippen LogP contribution in [0.2, 0.25) is 10.0 Å². The third-order valence-electron chi connectivity index (χ3n) is 3.53. The van der Waals surface area contributed by atoms with Crippen LogP contribution in [0.4, 0.5) is 5.69 Å². The van der Waals surface area contributed by atoms with Crippen LogP contribution in [0.25, 0.3) is 0 Å². The zero-order valence-corrected chi connectivity index (χ0v) is 14.3. The lowest BCUT2D eigenvalue weighted by Gasteiger charge is -2.09. The monoisotopic (exact) mass is 366 g/mol. The zero-order valence-electron chi connectivity index (χ0n) is 12.8. The maximum atomic E-state index is 11.9.